The molecule has 0 amide bonds. The summed E-state index contributed by atoms with van der Waals surface area (Å²) in [5.74, 6) is 6.80. The molecule has 1 unspecified atom stereocenters. The number of rotatable bonds is 5. The monoisotopic (exact) mass is 423 g/mol. The van der Waals surface area contributed by atoms with E-state index < -0.39 is 0 Å². The molecule has 0 saturated heterocycles. The van der Waals surface area contributed by atoms with Gasteiger partial charge in [-0.3, -0.25) is 4.79 Å². The highest BCUT2D eigenvalue weighted by molar-refractivity contribution is 14.2. The number of nitrogens with one attached hydrogen (secondary N) is 1. The number of carbonyl (C=O) groups excluding carboxylic acids is 1. The summed E-state index contributed by atoms with van der Waals surface area (Å²) < 4.78 is 5.39. The number of hydrogen-bond donors (Lipinski definition) is 1. The van der Waals surface area contributed by atoms with Gasteiger partial charge in [-0.1, -0.05) is 11.8 Å². The Kier molecular flexibility index (Phi) is 6.85. The quantitative estimate of drug-likeness (QED) is 0.344. The highest BCUT2D eigenvalue weighted by Gasteiger charge is 2.08. The van der Waals surface area contributed by atoms with Gasteiger partial charge in [0.15, 0.2) is 5.78 Å². The summed E-state index contributed by atoms with van der Waals surface area (Å²) in [5, 5.41) is 2.96. The van der Waals surface area contributed by atoms with E-state index in [1.54, 1.807) is 12.1 Å². The first-order valence-electron chi connectivity index (χ1n) is 6.65. The van der Waals surface area contributed by atoms with E-state index in [2.05, 4.69) is 39.2 Å². The molecule has 5 heteroatoms. The molecular formula is C17H15INO2P. The molecule has 0 radical (unpaired) electrons. The third-order valence-corrected chi connectivity index (χ3v) is 3.89. The molecular weight excluding hydrogens is 408 g/mol. The molecule has 0 bridgehead atoms. The van der Waals surface area contributed by atoms with Crippen LogP contribution >= 0.6 is 28.5 Å². The SMILES string of the molecule is CNCC#Cc1ccc(C(=O)c2ccc(OPI)cc2)cc1. The topological polar surface area (TPSA) is 38.3 Å². The number of benzene rings is 2. The summed E-state index contributed by atoms with van der Waals surface area (Å²) in [6.07, 6.45) is 0. The van der Waals surface area contributed by atoms with E-state index in [-0.39, 0.29) is 5.78 Å². The molecule has 0 aliphatic rings. The summed E-state index contributed by atoms with van der Waals surface area (Å²) in [4.78, 5) is 12.4. The summed E-state index contributed by atoms with van der Waals surface area (Å²) in [7, 11) is 1.85. The first-order valence-corrected chi connectivity index (χ1v) is 10.7. The Hall–Kier alpha value is -1.41. The van der Waals surface area contributed by atoms with Crippen LogP contribution in [0.2, 0.25) is 0 Å². The summed E-state index contributed by atoms with van der Waals surface area (Å²) in [6, 6.07) is 14.6. The van der Waals surface area contributed by atoms with Crippen LogP contribution in [0.1, 0.15) is 21.5 Å². The number of halogens is 1. The second-order valence-electron chi connectivity index (χ2n) is 4.44. The minimum atomic E-state index is -0.00166. The predicted octanol–water partition coefficient (Wildman–Crippen LogP) is 3.81. The van der Waals surface area contributed by atoms with E-state index in [1.807, 2.05) is 43.4 Å². The standard InChI is InChI=1S/C17H15INO2P/c1-19-12-2-3-13-4-6-14(7-5-13)17(20)15-8-10-16(11-9-15)21-22-18/h4-11,19,22H,12H2,1H3. The molecule has 2 rings (SSSR count). The van der Waals surface area contributed by atoms with Crippen molar-refractivity contribution in [2.24, 2.45) is 0 Å². The first kappa shape index (κ1) is 17.0. The van der Waals surface area contributed by atoms with E-state index in [4.69, 9.17) is 4.52 Å². The third-order valence-electron chi connectivity index (χ3n) is 2.92. The van der Waals surface area contributed by atoms with Crippen LogP contribution in [0.5, 0.6) is 5.75 Å². The van der Waals surface area contributed by atoms with Gasteiger partial charge in [-0.15, -0.1) is 0 Å². The van der Waals surface area contributed by atoms with Crippen LogP contribution in [-0.4, -0.2) is 19.4 Å². The Morgan fingerprint density at radius 1 is 1.14 bits per heavy atom. The van der Waals surface area contributed by atoms with Crippen LogP contribution in [0.25, 0.3) is 0 Å². The minimum Gasteiger partial charge on any atom is -0.467 e. The van der Waals surface area contributed by atoms with Gasteiger partial charge in [-0.25, -0.2) is 0 Å². The summed E-state index contributed by atoms with van der Waals surface area (Å²) in [6.45, 7) is 1.01. The van der Waals surface area contributed by atoms with Crippen molar-refractivity contribution in [3.05, 3.63) is 65.2 Å². The maximum atomic E-state index is 12.4. The Labute approximate surface area is 145 Å². The van der Waals surface area contributed by atoms with Crippen LogP contribution in [0, 0.1) is 11.8 Å². The van der Waals surface area contributed by atoms with E-state index >= 15 is 0 Å². The molecule has 0 aromatic heterocycles. The Morgan fingerprint density at radius 2 is 1.73 bits per heavy atom. The maximum Gasteiger partial charge on any atom is 0.193 e. The van der Waals surface area contributed by atoms with Crippen molar-refractivity contribution in [3.63, 3.8) is 0 Å². The van der Waals surface area contributed by atoms with E-state index in [0.717, 1.165) is 11.3 Å². The smallest absolute Gasteiger partial charge is 0.193 e. The number of ketones is 1. The van der Waals surface area contributed by atoms with Crippen LogP contribution in [0.15, 0.2) is 48.5 Å². The Morgan fingerprint density at radius 3 is 2.27 bits per heavy atom. The van der Waals surface area contributed by atoms with Crippen molar-refractivity contribution in [2.75, 3.05) is 13.6 Å². The molecule has 3 nitrogen and oxygen atoms in total. The van der Waals surface area contributed by atoms with Crippen molar-refractivity contribution < 1.29 is 9.32 Å². The molecule has 112 valence electrons. The molecule has 0 spiro atoms. The van der Waals surface area contributed by atoms with Gasteiger partial charge < -0.3 is 9.84 Å². The van der Waals surface area contributed by atoms with Crippen molar-refractivity contribution in [1.29, 1.82) is 0 Å². The third kappa shape index (κ3) is 4.81. The lowest BCUT2D eigenvalue weighted by Crippen LogP contribution is -2.04. The van der Waals surface area contributed by atoms with Gasteiger partial charge in [0, 0.05) is 16.7 Å². The lowest BCUT2D eigenvalue weighted by Gasteiger charge is -2.04. The lowest BCUT2D eigenvalue weighted by molar-refractivity contribution is 0.103. The summed E-state index contributed by atoms with van der Waals surface area (Å²) >= 11 is 2.16. The first-order chi connectivity index (χ1) is 10.7. The molecule has 22 heavy (non-hydrogen) atoms. The normalized spacial score (nSPS) is 10.3. The molecule has 2 aromatic rings. The summed E-state index contributed by atoms with van der Waals surface area (Å²) in [5.41, 5.74) is 2.21. The van der Waals surface area contributed by atoms with Crippen LogP contribution in [-0.2, 0) is 0 Å². The van der Waals surface area contributed by atoms with Gasteiger partial charge in [0.1, 0.15) is 12.2 Å². The van der Waals surface area contributed by atoms with Gasteiger partial charge in [0.05, 0.1) is 6.54 Å². The maximum absolute atomic E-state index is 12.4. The van der Waals surface area contributed by atoms with E-state index in [9.17, 15) is 4.79 Å². The fraction of sp³-hybridized carbons (Fsp3) is 0.118. The number of carbonyl (C=O) groups is 1. The predicted molar refractivity (Wildman–Crippen MR) is 100 cm³/mol. The zero-order valence-corrected chi connectivity index (χ0v) is 15.2. The molecule has 2 aromatic carbocycles. The van der Waals surface area contributed by atoms with Gasteiger partial charge in [0.25, 0.3) is 0 Å². The van der Waals surface area contributed by atoms with Crippen LogP contribution < -0.4 is 9.84 Å². The molecule has 0 heterocycles. The van der Waals surface area contributed by atoms with Gasteiger partial charge in [-0.05, 0) is 77.6 Å². The molecule has 1 atom stereocenters. The van der Waals surface area contributed by atoms with Crippen LogP contribution in [0.3, 0.4) is 0 Å². The fourth-order valence-corrected chi connectivity index (χ4v) is 2.81. The fourth-order valence-electron chi connectivity index (χ4n) is 1.83. The van der Waals surface area contributed by atoms with Crippen molar-refractivity contribution >= 4 is 34.3 Å². The highest BCUT2D eigenvalue weighted by Crippen LogP contribution is 2.27. The largest absolute Gasteiger partial charge is 0.467 e. The lowest BCUT2D eigenvalue weighted by atomic mass is 10.0. The van der Waals surface area contributed by atoms with Crippen molar-refractivity contribution in [2.45, 2.75) is 0 Å². The highest BCUT2D eigenvalue weighted by atomic mass is 127. The van der Waals surface area contributed by atoms with Gasteiger partial charge in [-0.2, -0.15) is 0 Å². The molecule has 0 saturated carbocycles. The molecule has 0 aliphatic heterocycles. The van der Waals surface area contributed by atoms with Gasteiger partial charge >= 0.3 is 0 Å². The Bertz CT molecular complexity index is 687. The van der Waals surface area contributed by atoms with E-state index in [0.29, 0.717) is 24.1 Å². The second kappa shape index (κ2) is 8.89. The molecule has 0 aliphatic carbocycles. The zero-order chi connectivity index (χ0) is 15.8. The minimum absolute atomic E-state index is 0.00166. The molecule has 0 fully saturated rings. The van der Waals surface area contributed by atoms with Gasteiger partial charge in [0.2, 0.25) is 0 Å². The van der Waals surface area contributed by atoms with Crippen molar-refractivity contribution in [1.82, 2.24) is 5.32 Å². The zero-order valence-electron chi connectivity index (χ0n) is 12.0. The average molecular weight is 423 g/mol. The number of hydrogen-bond acceptors (Lipinski definition) is 3. The molecule has 1 N–H and O–H groups in total. The average Bonchev–Trinajstić information content (AvgIpc) is 2.56. The van der Waals surface area contributed by atoms with Crippen LogP contribution in [0.4, 0.5) is 0 Å². The second-order valence-corrected chi connectivity index (χ2v) is 6.12. The van der Waals surface area contributed by atoms with E-state index in [1.165, 1.54) is 0 Å². The Balaban J connectivity index is 2.11. The van der Waals surface area contributed by atoms with Crippen molar-refractivity contribution in [3.8, 4) is 17.6 Å².